The Kier molecular flexibility index (Phi) is 6.34. The number of esters is 1. The van der Waals surface area contributed by atoms with Crippen LogP contribution in [-0.2, 0) is 18.7 Å². The van der Waals surface area contributed by atoms with E-state index in [9.17, 15) is 9.18 Å². The number of carbonyl (C=O) groups excluding carboxylic acids is 1. The van der Waals surface area contributed by atoms with E-state index in [2.05, 4.69) is 54.7 Å². The lowest BCUT2D eigenvalue weighted by Gasteiger charge is -2.41. The number of rotatable bonds is 6. The minimum atomic E-state index is -2.27. The highest BCUT2D eigenvalue weighted by atomic mass is 28.4. The van der Waals surface area contributed by atoms with Crippen molar-refractivity contribution in [2.24, 2.45) is 0 Å². The predicted molar refractivity (Wildman–Crippen MR) is 119 cm³/mol. The summed E-state index contributed by atoms with van der Waals surface area (Å²) in [7, 11) is -2.27. The third-order valence-electron chi connectivity index (χ3n) is 6.24. The first-order chi connectivity index (χ1) is 14.8. The van der Waals surface area contributed by atoms with Crippen LogP contribution < -0.4 is 5.73 Å². The molecule has 2 N–H and O–H groups in total. The Morgan fingerprint density at radius 3 is 2.75 bits per heavy atom. The lowest BCUT2D eigenvalue weighted by atomic mass is 9.99. The molecule has 1 fully saturated rings. The highest BCUT2D eigenvalue weighted by Crippen LogP contribution is 2.45. The molecule has 0 saturated carbocycles. The molecule has 0 amide bonds. The average Bonchev–Trinajstić information content (AvgIpc) is 3.27. The first-order valence-corrected chi connectivity index (χ1v) is 13.4. The molecular formula is C21H30FN5O4Si. The number of anilines is 1. The first kappa shape index (κ1) is 24.1. The molecule has 174 valence electrons. The van der Waals surface area contributed by atoms with Crippen LogP contribution in [-0.4, -0.2) is 52.1 Å². The van der Waals surface area contributed by atoms with Crippen LogP contribution in [0.25, 0.3) is 11.2 Å². The van der Waals surface area contributed by atoms with E-state index in [1.54, 1.807) is 11.5 Å². The van der Waals surface area contributed by atoms with Crippen molar-refractivity contribution < 1.29 is 23.1 Å². The van der Waals surface area contributed by atoms with Crippen LogP contribution in [0.3, 0.4) is 0 Å². The van der Waals surface area contributed by atoms with Crippen LogP contribution in [0.4, 0.5) is 10.2 Å². The molecule has 11 heteroatoms. The highest BCUT2D eigenvalue weighted by Gasteiger charge is 2.54. The lowest BCUT2D eigenvalue weighted by molar-refractivity contribution is -0.155. The summed E-state index contributed by atoms with van der Waals surface area (Å²) in [6.45, 7) is 12.1. The molecule has 0 radical (unpaired) electrons. The van der Waals surface area contributed by atoms with Crippen LogP contribution >= 0.6 is 0 Å². The summed E-state index contributed by atoms with van der Waals surface area (Å²) in [4.78, 5) is 23.4. The van der Waals surface area contributed by atoms with E-state index in [4.69, 9.17) is 26.1 Å². The molecule has 1 aliphatic heterocycles. The molecule has 1 saturated heterocycles. The molecule has 9 nitrogen and oxygen atoms in total. The van der Waals surface area contributed by atoms with Gasteiger partial charge >= 0.3 is 12.0 Å². The Labute approximate surface area is 188 Å². The van der Waals surface area contributed by atoms with Crippen molar-refractivity contribution in [1.82, 2.24) is 19.5 Å². The molecule has 0 aliphatic carbocycles. The minimum absolute atomic E-state index is 0.0709. The van der Waals surface area contributed by atoms with Gasteiger partial charge in [-0.15, -0.1) is 6.42 Å². The van der Waals surface area contributed by atoms with E-state index in [0.29, 0.717) is 6.42 Å². The largest absolute Gasteiger partial charge is 0.461 e. The smallest absolute Gasteiger partial charge is 0.312 e. The van der Waals surface area contributed by atoms with Crippen LogP contribution in [0.15, 0.2) is 6.33 Å². The number of imidazole rings is 1. The van der Waals surface area contributed by atoms with E-state index in [1.807, 2.05) is 0 Å². The Morgan fingerprint density at radius 1 is 1.47 bits per heavy atom. The number of halogens is 1. The van der Waals surface area contributed by atoms with Gasteiger partial charge in [-0.05, 0) is 18.1 Å². The van der Waals surface area contributed by atoms with Gasteiger partial charge in [0, 0.05) is 12.8 Å². The Bertz CT molecular complexity index is 1060. The van der Waals surface area contributed by atoms with E-state index in [-0.39, 0.29) is 35.0 Å². The van der Waals surface area contributed by atoms with Gasteiger partial charge in [0.25, 0.3) is 0 Å². The predicted octanol–water partition coefficient (Wildman–Crippen LogP) is 3.18. The van der Waals surface area contributed by atoms with Gasteiger partial charge in [0.15, 0.2) is 30.9 Å². The standard InChI is InChI=1S/C21H30FN5O4Si/c1-8-15(28)29-11-21(9-2)13(31-32(6,7)20(3,4)5)10-14(30-21)27-12-24-16-17(23)25-19(22)26-18(16)27/h2,12-14H,8,10-11H2,1,3-7H3,(H2,23,25,26)/t13?,14-,21-/m1/s1. The summed E-state index contributed by atoms with van der Waals surface area (Å²) in [5.74, 6) is 2.21. The molecule has 0 spiro atoms. The van der Waals surface area contributed by atoms with Crippen LogP contribution in [0, 0.1) is 18.4 Å². The zero-order valence-corrected chi connectivity index (χ0v) is 20.3. The summed E-state index contributed by atoms with van der Waals surface area (Å²) in [6, 6.07) is 0. The molecule has 3 atom stereocenters. The fourth-order valence-electron chi connectivity index (χ4n) is 3.29. The third-order valence-corrected chi connectivity index (χ3v) is 10.7. The van der Waals surface area contributed by atoms with Crippen molar-refractivity contribution in [3.05, 3.63) is 12.4 Å². The number of hydrogen-bond acceptors (Lipinski definition) is 8. The van der Waals surface area contributed by atoms with Gasteiger partial charge < -0.3 is 19.6 Å². The number of aromatic nitrogens is 4. The van der Waals surface area contributed by atoms with Gasteiger partial charge in [-0.3, -0.25) is 9.36 Å². The molecule has 1 unspecified atom stereocenters. The van der Waals surface area contributed by atoms with Gasteiger partial charge in [0.05, 0.1) is 12.4 Å². The summed E-state index contributed by atoms with van der Waals surface area (Å²) in [6.07, 6.45) is 5.71. The second-order valence-electron chi connectivity index (χ2n) is 9.43. The quantitative estimate of drug-likeness (QED) is 0.301. The molecule has 3 rings (SSSR count). The number of terminal acetylenes is 1. The Hall–Kier alpha value is -2.55. The molecule has 3 heterocycles. The van der Waals surface area contributed by atoms with Gasteiger partial charge in [-0.2, -0.15) is 14.4 Å². The number of nitrogens with zero attached hydrogens (tertiary/aromatic N) is 4. The Balaban J connectivity index is 2.01. The van der Waals surface area contributed by atoms with Crippen molar-refractivity contribution in [2.45, 2.75) is 76.6 Å². The normalized spacial score (nSPS) is 23.9. The average molecular weight is 464 g/mol. The van der Waals surface area contributed by atoms with E-state index in [1.165, 1.54) is 6.33 Å². The van der Waals surface area contributed by atoms with Crippen molar-refractivity contribution in [3.8, 4) is 12.3 Å². The number of fused-ring (bicyclic) bond motifs is 1. The molecule has 2 aromatic rings. The molecule has 2 aromatic heterocycles. The van der Waals surface area contributed by atoms with Crippen molar-refractivity contribution in [2.75, 3.05) is 12.3 Å². The zero-order chi connectivity index (χ0) is 23.9. The van der Waals surface area contributed by atoms with Gasteiger partial charge in [0.1, 0.15) is 12.8 Å². The molecule has 0 aromatic carbocycles. The number of ether oxygens (including phenoxy) is 2. The van der Waals surface area contributed by atoms with E-state index < -0.39 is 38.3 Å². The second-order valence-corrected chi connectivity index (χ2v) is 14.2. The number of hydrogen-bond donors (Lipinski definition) is 1. The number of nitrogen functional groups attached to an aromatic ring is 1. The fraction of sp³-hybridized carbons (Fsp3) is 0.619. The maximum atomic E-state index is 13.8. The highest BCUT2D eigenvalue weighted by molar-refractivity contribution is 6.74. The zero-order valence-electron chi connectivity index (χ0n) is 19.3. The third kappa shape index (κ3) is 4.35. The summed E-state index contributed by atoms with van der Waals surface area (Å²) >= 11 is 0. The van der Waals surface area contributed by atoms with E-state index >= 15 is 0 Å². The monoisotopic (exact) mass is 463 g/mol. The SMILES string of the molecule is C#C[C@]1(COC(=O)CC)O[C@@H](n2cnc3c(N)nc(F)nc32)CC1O[Si](C)(C)C(C)(C)C. The topological polar surface area (TPSA) is 114 Å². The minimum Gasteiger partial charge on any atom is -0.461 e. The summed E-state index contributed by atoms with van der Waals surface area (Å²) in [5, 5.41) is -0.0853. The molecule has 32 heavy (non-hydrogen) atoms. The maximum Gasteiger partial charge on any atom is 0.312 e. The summed E-state index contributed by atoms with van der Waals surface area (Å²) in [5.41, 5.74) is 4.91. The molecular weight excluding hydrogens is 433 g/mol. The first-order valence-electron chi connectivity index (χ1n) is 10.5. The molecule has 0 bridgehead atoms. The van der Waals surface area contributed by atoms with Crippen molar-refractivity contribution >= 4 is 31.3 Å². The van der Waals surface area contributed by atoms with Gasteiger partial charge in [-0.25, -0.2) is 4.98 Å². The van der Waals surface area contributed by atoms with Gasteiger partial charge in [0.2, 0.25) is 0 Å². The van der Waals surface area contributed by atoms with Crippen LogP contribution in [0.5, 0.6) is 0 Å². The lowest BCUT2D eigenvalue weighted by Crippen LogP contribution is -2.52. The van der Waals surface area contributed by atoms with Crippen LogP contribution in [0.2, 0.25) is 18.1 Å². The van der Waals surface area contributed by atoms with E-state index in [0.717, 1.165) is 0 Å². The van der Waals surface area contributed by atoms with Crippen LogP contribution in [0.1, 0.15) is 46.8 Å². The fourth-order valence-corrected chi connectivity index (χ4v) is 4.64. The van der Waals surface area contributed by atoms with Gasteiger partial charge in [-0.1, -0.05) is 33.6 Å². The second kappa shape index (κ2) is 8.42. The number of nitrogens with two attached hydrogens (primary N) is 1. The molecule has 1 aliphatic rings. The van der Waals surface area contributed by atoms with Crippen molar-refractivity contribution in [1.29, 1.82) is 0 Å². The maximum absolute atomic E-state index is 13.8. The Morgan fingerprint density at radius 2 is 2.16 bits per heavy atom. The van der Waals surface area contributed by atoms with Crippen molar-refractivity contribution in [3.63, 3.8) is 0 Å². The number of carbonyl (C=O) groups is 1. The summed E-state index contributed by atoms with van der Waals surface area (Å²) < 4.78 is 33.7.